The molecule has 2 aromatic heterocycles. The molecule has 2 heterocycles. The zero-order chi connectivity index (χ0) is 16.4. The van der Waals surface area contributed by atoms with Gasteiger partial charge in [0.25, 0.3) is 5.91 Å². The fourth-order valence-electron chi connectivity index (χ4n) is 3.27. The number of fused-ring (bicyclic) bond motifs is 1. The third-order valence-electron chi connectivity index (χ3n) is 4.49. The van der Waals surface area contributed by atoms with Gasteiger partial charge in [0.05, 0.1) is 19.4 Å². The maximum absolute atomic E-state index is 13.1. The molecule has 0 saturated heterocycles. The Morgan fingerprint density at radius 2 is 2.00 bits per heavy atom. The second kappa shape index (κ2) is 6.65. The standard InChI is InChI=1S/C20H19NO2S/c22-20(17-9-8-15-4-1-5-16(15)12-17)21(13-18-6-2-10-23-18)14-19-7-3-11-24-19/h2-3,6-12H,1,4-5,13-14H2. The molecule has 0 fully saturated rings. The molecular weight excluding hydrogens is 318 g/mol. The highest BCUT2D eigenvalue weighted by Crippen LogP contribution is 2.24. The van der Waals surface area contributed by atoms with E-state index in [2.05, 4.69) is 18.2 Å². The Morgan fingerprint density at radius 1 is 1.08 bits per heavy atom. The second-order valence-corrected chi connectivity index (χ2v) is 7.19. The van der Waals surface area contributed by atoms with E-state index in [0.29, 0.717) is 13.1 Å². The molecule has 0 unspecified atom stereocenters. The van der Waals surface area contributed by atoms with E-state index in [4.69, 9.17) is 4.42 Å². The van der Waals surface area contributed by atoms with E-state index in [-0.39, 0.29) is 5.91 Å². The van der Waals surface area contributed by atoms with Gasteiger partial charge < -0.3 is 9.32 Å². The third kappa shape index (κ3) is 3.15. The molecular formula is C20H19NO2S. The lowest BCUT2D eigenvalue weighted by atomic mass is 10.1. The fraction of sp³-hybridized carbons (Fsp3) is 0.250. The highest BCUT2D eigenvalue weighted by atomic mass is 32.1. The first-order valence-corrected chi connectivity index (χ1v) is 9.13. The average molecular weight is 337 g/mol. The van der Waals surface area contributed by atoms with E-state index in [1.54, 1.807) is 17.6 Å². The molecule has 0 atom stereocenters. The van der Waals surface area contributed by atoms with Gasteiger partial charge in [-0.2, -0.15) is 0 Å². The van der Waals surface area contributed by atoms with E-state index < -0.39 is 0 Å². The Bertz CT molecular complexity index is 785. The van der Waals surface area contributed by atoms with Crippen LogP contribution in [-0.2, 0) is 25.9 Å². The molecule has 0 spiro atoms. The number of amides is 1. The van der Waals surface area contributed by atoms with Crippen LogP contribution in [0.3, 0.4) is 0 Å². The number of rotatable bonds is 5. The summed E-state index contributed by atoms with van der Waals surface area (Å²) in [6.07, 6.45) is 5.06. The van der Waals surface area contributed by atoms with Crippen LogP contribution in [0.5, 0.6) is 0 Å². The summed E-state index contributed by atoms with van der Waals surface area (Å²) in [5.41, 5.74) is 3.50. The van der Waals surface area contributed by atoms with Crippen LogP contribution >= 0.6 is 11.3 Å². The molecule has 1 aromatic carbocycles. The van der Waals surface area contributed by atoms with E-state index in [1.165, 1.54) is 22.4 Å². The van der Waals surface area contributed by atoms with Crippen LogP contribution in [0, 0.1) is 0 Å². The van der Waals surface area contributed by atoms with Crippen molar-refractivity contribution < 1.29 is 9.21 Å². The SMILES string of the molecule is O=C(c1ccc2c(c1)CCC2)N(Cc1ccco1)Cc1cccs1. The summed E-state index contributed by atoms with van der Waals surface area (Å²) in [6.45, 7) is 1.09. The maximum Gasteiger partial charge on any atom is 0.254 e. The van der Waals surface area contributed by atoms with E-state index in [9.17, 15) is 4.79 Å². The van der Waals surface area contributed by atoms with Crippen LogP contribution in [0.4, 0.5) is 0 Å². The highest BCUT2D eigenvalue weighted by Gasteiger charge is 2.20. The Labute approximate surface area is 145 Å². The fourth-order valence-corrected chi connectivity index (χ4v) is 3.99. The molecule has 3 nitrogen and oxygen atoms in total. The molecule has 0 bridgehead atoms. The quantitative estimate of drug-likeness (QED) is 0.678. The van der Waals surface area contributed by atoms with E-state index in [1.807, 2.05) is 34.5 Å². The van der Waals surface area contributed by atoms with Crippen molar-refractivity contribution in [1.29, 1.82) is 0 Å². The summed E-state index contributed by atoms with van der Waals surface area (Å²) in [5.74, 6) is 0.871. The van der Waals surface area contributed by atoms with Crippen LogP contribution in [0.2, 0.25) is 0 Å². The van der Waals surface area contributed by atoms with Gasteiger partial charge in [-0.3, -0.25) is 4.79 Å². The number of carbonyl (C=O) groups is 1. The summed E-state index contributed by atoms with van der Waals surface area (Å²) < 4.78 is 5.45. The zero-order valence-electron chi connectivity index (χ0n) is 13.4. The molecule has 0 aliphatic heterocycles. The van der Waals surface area contributed by atoms with Crippen molar-refractivity contribution in [2.24, 2.45) is 0 Å². The van der Waals surface area contributed by atoms with Crippen molar-refractivity contribution in [2.75, 3.05) is 0 Å². The lowest BCUT2D eigenvalue weighted by Crippen LogP contribution is -2.29. The predicted molar refractivity (Wildman–Crippen MR) is 95.1 cm³/mol. The highest BCUT2D eigenvalue weighted by molar-refractivity contribution is 7.09. The van der Waals surface area contributed by atoms with E-state index in [0.717, 1.165) is 24.2 Å². The number of benzene rings is 1. The summed E-state index contributed by atoms with van der Waals surface area (Å²) in [4.78, 5) is 16.1. The van der Waals surface area contributed by atoms with Crippen LogP contribution in [0.15, 0.2) is 58.5 Å². The van der Waals surface area contributed by atoms with Gasteiger partial charge in [-0.15, -0.1) is 11.3 Å². The summed E-state index contributed by atoms with van der Waals surface area (Å²) in [7, 11) is 0. The van der Waals surface area contributed by atoms with Crippen molar-refractivity contribution in [3.05, 3.63) is 81.4 Å². The first-order chi connectivity index (χ1) is 11.8. The van der Waals surface area contributed by atoms with Gasteiger partial charge in [-0.05, 0) is 66.1 Å². The number of furan rings is 1. The first-order valence-electron chi connectivity index (χ1n) is 8.25. The van der Waals surface area contributed by atoms with Gasteiger partial charge in [0.1, 0.15) is 5.76 Å². The molecule has 3 aromatic rings. The number of hydrogen-bond acceptors (Lipinski definition) is 3. The molecule has 122 valence electrons. The molecule has 24 heavy (non-hydrogen) atoms. The van der Waals surface area contributed by atoms with Gasteiger partial charge >= 0.3 is 0 Å². The summed E-state index contributed by atoms with van der Waals surface area (Å²) in [5, 5.41) is 2.04. The Hall–Kier alpha value is -2.33. The van der Waals surface area contributed by atoms with Gasteiger partial charge in [0, 0.05) is 10.4 Å². The van der Waals surface area contributed by atoms with E-state index >= 15 is 0 Å². The summed E-state index contributed by atoms with van der Waals surface area (Å²) >= 11 is 1.67. The predicted octanol–water partition coefficient (Wildman–Crippen LogP) is 4.67. The Kier molecular flexibility index (Phi) is 4.22. The molecule has 1 aliphatic rings. The summed E-state index contributed by atoms with van der Waals surface area (Å²) in [6, 6.07) is 14.0. The number of carbonyl (C=O) groups excluding carboxylic acids is 1. The number of hydrogen-bond donors (Lipinski definition) is 0. The van der Waals surface area contributed by atoms with Crippen LogP contribution < -0.4 is 0 Å². The monoisotopic (exact) mass is 337 g/mol. The van der Waals surface area contributed by atoms with Gasteiger partial charge in [-0.25, -0.2) is 0 Å². The minimum atomic E-state index is 0.0644. The van der Waals surface area contributed by atoms with Crippen molar-refractivity contribution in [3.8, 4) is 0 Å². The van der Waals surface area contributed by atoms with Crippen LogP contribution in [0.25, 0.3) is 0 Å². The lowest BCUT2D eigenvalue weighted by Gasteiger charge is -2.21. The number of nitrogens with zero attached hydrogens (tertiary/aromatic N) is 1. The minimum Gasteiger partial charge on any atom is -0.467 e. The molecule has 1 amide bonds. The number of aryl methyl sites for hydroxylation is 2. The topological polar surface area (TPSA) is 33.5 Å². The molecule has 0 N–H and O–H groups in total. The normalized spacial score (nSPS) is 13.0. The Morgan fingerprint density at radius 3 is 2.79 bits per heavy atom. The van der Waals surface area contributed by atoms with Crippen LogP contribution in [0.1, 0.15) is 38.5 Å². The number of thiophene rings is 1. The first kappa shape index (κ1) is 15.2. The van der Waals surface area contributed by atoms with Gasteiger partial charge in [-0.1, -0.05) is 12.1 Å². The third-order valence-corrected chi connectivity index (χ3v) is 5.35. The molecule has 4 rings (SSSR count). The van der Waals surface area contributed by atoms with Crippen molar-refractivity contribution in [3.63, 3.8) is 0 Å². The average Bonchev–Trinajstić information content (AvgIpc) is 3.35. The van der Waals surface area contributed by atoms with Crippen molar-refractivity contribution in [2.45, 2.75) is 32.4 Å². The van der Waals surface area contributed by atoms with Crippen molar-refractivity contribution >= 4 is 17.2 Å². The molecule has 1 aliphatic carbocycles. The van der Waals surface area contributed by atoms with Gasteiger partial charge in [0.15, 0.2) is 0 Å². The van der Waals surface area contributed by atoms with Gasteiger partial charge in [0.2, 0.25) is 0 Å². The zero-order valence-corrected chi connectivity index (χ0v) is 14.2. The van der Waals surface area contributed by atoms with Crippen LogP contribution in [-0.4, -0.2) is 10.8 Å². The minimum absolute atomic E-state index is 0.0644. The van der Waals surface area contributed by atoms with Crippen molar-refractivity contribution in [1.82, 2.24) is 4.90 Å². The smallest absolute Gasteiger partial charge is 0.254 e. The Balaban J connectivity index is 1.60. The largest absolute Gasteiger partial charge is 0.467 e. The second-order valence-electron chi connectivity index (χ2n) is 6.16. The molecule has 0 saturated carbocycles. The maximum atomic E-state index is 13.1. The molecule has 4 heteroatoms. The lowest BCUT2D eigenvalue weighted by molar-refractivity contribution is 0.0719. The molecule has 0 radical (unpaired) electrons.